The van der Waals surface area contributed by atoms with Gasteiger partial charge in [-0.05, 0) is 75.7 Å². The number of nitrogens with one attached hydrogen (secondary N) is 3. The first kappa shape index (κ1) is 32.0. The number of anilines is 4. The highest BCUT2D eigenvalue weighted by Crippen LogP contribution is 2.35. The molecule has 3 aromatic rings. The summed E-state index contributed by atoms with van der Waals surface area (Å²) in [6.45, 7) is 12.8. The van der Waals surface area contributed by atoms with Crippen LogP contribution in [-0.2, 0) is 11.3 Å². The van der Waals surface area contributed by atoms with Crippen LogP contribution in [0.5, 0.6) is 0 Å². The normalized spacial score (nSPS) is 16.0. The number of amides is 3. The van der Waals surface area contributed by atoms with Crippen LogP contribution >= 0.6 is 0 Å². The maximum atomic E-state index is 13.9. The van der Waals surface area contributed by atoms with Crippen LogP contribution < -0.4 is 25.8 Å². The summed E-state index contributed by atoms with van der Waals surface area (Å²) in [6.07, 6.45) is 6.10. The number of aromatic nitrogens is 1. The van der Waals surface area contributed by atoms with Crippen molar-refractivity contribution in [1.82, 2.24) is 15.2 Å². The second-order valence-corrected chi connectivity index (χ2v) is 11.3. The molecule has 2 aromatic carbocycles. The number of urea groups is 1. The van der Waals surface area contributed by atoms with Crippen LogP contribution in [0.1, 0.15) is 31.2 Å². The van der Waals surface area contributed by atoms with Crippen molar-refractivity contribution in [2.75, 3.05) is 54.7 Å². The van der Waals surface area contributed by atoms with E-state index >= 15 is 0 Å². The van der Waals surface area contributed by atoms with Crippen LogP contribution in [0.4, 0.5) is 33.4 Å². The molecule has 3 amide bonds. The van der Waals surface area contributed by atoms with E-state index in [9.17, 15) is 9.59 Å². The maximum Gasteiger partial charge on any atom is 0.322 e. The van der Waals surface area contributed by atoms with Gasteiger partial charge >= 0.3 is 6.03 Å². The molecule has 1 heterocycles. The molecule has 10 heteroatoms. The average Bonchev–Trinajstić information content (AvgIpc) is 3.04. The van der Waals surface area contributed by atoms with Crippen molar-refractivity contribution in [1.29, 1.82) is 0 Å². The van der Waals surface area contributed by atoms with E-state index in [1.54, 1.807) is 12.3 Å². The minimum Gasteiger partial charge on any atom is -0.372 e. The second-order valence-electron chi connectivity index (χ2n) is 11.3. The Bertz CT molecular complexity index is 1440. The lowest BCUT2D eigenvalue weighted by Crippen LogP contribution is -2.48. The zero-order chi connectivity index (χ0) is 31.5. The highest BCUT2D eigenvalue weighted by atomic mass is 16.2. The molecule has 3 N–H and O–H groups in total. The molecule has 0 bridgehead atoms. The van der Waals surface area contributed by atoms with Crippen LogP contribution in [0, 0.1) is 6.57 Å². The lowest BCUT2D eigenvalue weighted by Gasteiger charge is -2.38. The predicted molar refractivity (Wildman–Crippen MR) is 178 cm³/mol. The van der Waals surface area contributed by atoms with E-state index in [2.05, 4.69) is 42.2 Å². The molecule has 1 fully saturated rings. The number of benzene rings is 2. The first-order valence-corrected chi connectivity index (χ1v) is 14.9. The minimum absolute atomic E-state index is 0.0402. The zero-order valence-corrected chi connectivity index (χ0v) is 25.8. The molecular formula is C34H42N8O2. The molecule has 1 aliphatic rings. The van der Waals surface area contributed by atoms with Gasteiger partial charge in [0.2, 0.25) is 11.6 Å². The highest BCUT2D eigenvalue weighted by molar-refractivity contribution is 6.02. The van der Waals surface area contributed by atoms with E-state index in [1.807, 2.05) is 80.6 Å². The Labute approximate surface area is 260 Å². The molecule has 0 saturated heterocycles. The number of nitrogens with zero attached hydrogens (tertiary/aromatic N) is 5. The first-order chi connectivity index (χ1) is 21.3. The monoisotopic (exact) mass is 594 g/mol. The fourth-order valence-corrected chi connectivity index (χ4v) is 5.34. The second kappa shape index (κ2) is 15.5. The Morgan fingerprint density at radius 3 is 2.41 bits per heavy atom. The fraction of sp³-hybridized carbons (Fsp3) is 0.353. The van der Waals surface area contributed by atoms with Crippen molar-refractivity contribution in [3.63, 3.8) is 0 Å². The number of hydrogen-bond acceptors (Lipinski definition) is 6. The van der Waals surface area contributed by atoms with Gasteiger partial charge in [-0.2, -0.15) is 0 Å². The van der Waals surface area contributed by atoms with E-state index in [1.165, 1.54) is 6.08 Å². The SMILES string of the molecule is [C-]#[N+]c1ccc(NC2CCC(N(C(=O)NCc3ccccc3)c3ccc(N(C)CCN(C)C)c(NC(=O)C=C)c3)CC2)nc1. The average molecular weight is 595 g/mol. The van der Waals surface area contributed by atoms with Gasteiger partial charge in [-0.1, -0.05) is 43.0 Å². The lowest BCUT2D eigenvalue weighted by atomic mass is 9.89. The quantitative estimate of drug-likeness (QED) is 0.179. The molecular weight excluding hydrogens is 552 g/mol. The zero-order valence-electron chi connectivity index (χ0n) is 25.8. The van der Waals surface area contributed by atoms with Crippen LogP contribution in [0.15, 0.2) is 79.5 Å². The van der Waals surface area contributed by atoms with E-state index in [-0.39, 0.29) is 24.0 Å². The molecule has 0 unspecified atom stereocenters. The van der Waals surface area contributed by atoms with Crippen LogP contribution in [0.25, 0.3) is 4.85 Å². The molecule has 10 nitrogen and oxygen atoms in total. The van der Waals surface area contributed by atoms with Gasteiger partial charge in [0.15, 0.2) is 0 Å². The van der Waals surface area contributed by atoms with Crippen molar-refractivity contribution < 1.29 is 9.59 Å². The number of hydrogen-bond donors (Lipinski definition) is 3. The van der Waals surface area contributed by atoms with Crippen molar-refractivity contribution >= 4 is 40.5 Å². The maximum absolute atomic E-state index is 13.9. The number of carbonyl (C=O) groups excluding carboxylic acids is 2. The Morgan fingerprint density at radius 1 is 1.02 bits per heavy atom. The fourth-order valence-electron chi connectivity index (χ4n) is 5.34. The first-order valence-electron chi connectivity index (χ1n) is 14.9. The molecule has 4 rings (SSSR count). The Morgan fingerprint density at radius 2 is 1.77 bits per heavy atom. The van der Waals surface area contributed by atoms with E-state index in [0.29, 0.717) is 23.6 Å². The van der Waals surface area contributed by atoms with Crippen molar-refractivity contribution in [3.8, 4) is 0 Å². The summed E-state index contributed by atoms with van der Waals surface area (Å²) in [6, 6.07) is 19.2. The summed E-state index contributed by atoms with van der Waals surface area (Å²) in [5, 5.41) is 9.56. The highest BCUT2D eigenvalue weighted by Gasteiger charge is 2.31. The summed E-state index contributed by atoms with van der Waals surface area (Å²) in [5.74, 6) is 0.434. The minimum atomic E-state index is -0.311. The summed E-state index contributed by atoms with van der Waals surface area (Å²) < 4.78 is 0. The Kier molecular flexibility index (Phi) is 11.3. The van der Waals surface area contributed by atoms with Crippen molar-refractivity contribution in [3.05, 3.63) is 96.5 Å². The van der Waals surface area contributed by atoms with E-state index < -0.39 is 0 Å². The third-order valence-electron chi connectivity index (χ3n) is 7.79. The third kappa shape index (κ3) is 8.82. The van der Waals surface area contributed by atoms with Gasteiger partial charge < -0.3 is 25.8 Å². The van der Waals surface area contributed by atoms with Crippen molar-refractivity contribution in [2.45, 2.75) is 44.3 Å². The number of carbonyl (C=O) groups is 2. The van der Waals surface area contributed by atoms with E-state index in [4.69, 9.17) is 6.57 Å². The summed E-state index contributed by atoms with van der Waals surface area (Å²) >= 11 is 0. The van der Waals surface area contributed by atoms with E-state index in [0.717, 1.165) is 55.8 Å². The molecule has 230 valence electrons. The molecule has 0 aliphatic heterocycles. The van der Waals surface area contributed by atoms with Crippen LogP contribution in [-0.4, -0.2) is 68.1 Å². The molecule has 0 atom stereocenters. The van der Waals surface area contributed by atoms with Gasteiger partial charge in [-0.25, -0.2) is 9.64 Å². The van der Waals surface area contributed by atoms with Gasteiger partial charge in [0.1, 0.15) is 5.82 Å². The largest absolute Gasteiger partial charge is 0.372 e. The lowest BCUT2D eigenvalue weighted by molar-refractivity contribution is -0.111. The van der Waals surface area contributed by atoms with Crippen molar-refractivity contribution in [2.24, 2.45) is 0 Å². The smallest absolute Gasteiger partial charge is 0.322 e. The summed E-state index contributed by atoms with van der Waals surface area (Å²) in [7, 11) is 6.04. The molecule has 1 aliphatic carbocycles. The molecule has 1 aromatic heterocycles. The van der Waals surface area contributed by atoms with Crippen LogP contribution in [0.3, 0.4) is 0 Å². The van der Waals surface area contributed by atoms with Crippen LogP contribution in [0.2, 0.25) is 0 Å². The predicted octanol–water partition coefficient (Wildman–Crippen LogP) is 5.89. The number of pyridine rings is 1. The van der Waals surface area contributed by atoms with Gasteiger partial charge in [0, 0.05) is 50.6 Å². The third-order valence-corrected chi connectivity index (χ3v) is 7.79. The molecule has 44 heavy (non-hydrogen) atoms. The van der Waals surface area contributed by atoms with Gasteiger partial charge in [-0.3, -0.25) is 14.7 Å². The molecule has 1 saturated carbocycles. The molecule has 0 spiro atoms. The summed E-state index contributed by atoms with van der Waals surface area (Å²) in [4.78, 5) is 40.1. The Hall–Kier alpha value is -4.88. The molecule has 0 radical (unpaired) electrons. The Balaban J connectivity index is 1.57. The number of rotatable bonds is 12. The van der Waals surface area contributed by atoms with Gasteiger partial charge in [-0.15, -0.1) is 0 Å². The van der Waals surface area contributed by atoms with Gasteiger partial charge in [0.05, 0.1) is 17.9 Å². The summed E-state index contributed by atoms with van der Waals surface area (Å²) in [5.41, 5.74) is 3.73. The topological polar surface area (TPSA) is 97.2 Å². The van der Waals surface area contributed by atoms with Gasteiger partial charge in [0.25, 0.3) is 0 Å². The standard InChI is InChI=1S/C34H42N8O2/c1-6-33(43)39-30-22-29(17-18-31(30)41(5)21-20-40(3)4)42(34(44)37-23-25-10-8-7-9-11-25)28-15-12-26(13-16-28)38-32-19-14-27(35-2)24-36-32/h6-11,14,17-19,22,24,26,28H,1,12-13,15-16,20-21,23H2,3-5H3,(H,36,38)(H,37,44)(H,39,43). The number of likely N-dealkylation sites (N-methyl/N-ethyl adjacent to an activating group) is 2.